The molecule has 2 heterocycles. The summed E-state index contributed by atoms with van der Waals surface area (Å²) in [5.74, 6) is -0.204. The van der Waals surface area contributed by atoms with Gasteiger partial charge in [0.05, 0.1) is 25.6 Å². The van der Waals surface area contributed by atoms with Crippen LogP contribution >= 0.6 is 0 Å². The number of fused-ring (bicyclic) bond motifs is 3. The average molecular weight is 359 g/mol. The molecule has 2 aliphatic rings. The summed E-state index contributed by atoms with van der Waals surface area (Å²) in [6.07, 6.45) is 3.28. The molecule has 0 fully saturated rings. The van der Waals surface area contributed by atoms with E-state index in [2.05, 4.69) is 0 Å². The number of amides is 2. The number of hydrogen-bond donors (Lipinski definition) is 1. The Morgan fingerprint density at radius 2 is 1.12 bits per heavy atom. The molecule has 0 aliphatic carbocycles. The van der Waals surface area contributed by atoms with Crippen LogP contribution in [0.15, 0.2) is 48.5 Å². The number of rotatable bonds is 0. The Balaban J connectivity index is 0.000000411. The zero-order chi connectivity index (χ0) is 17.3. The van der Waals surface area contributed by atoms with E-state index in [0.717, 1.165) is 11.1 Å². The second-order valence-corrected chi connectivity index (χ2v) is 7.26. The van der Waals surface area contributed by atoms with E-state index >= 15 is 0 Å². The Morgan fingerprint density at radius 3 is 1.48 bits per heavy atom. The monoisotopic (exact) mass is 359 g/mol. The normalized spacial score (nSPS) is 14.7. The number of hydrazine groups is 1. The Morgan fingerprint density at radius 1 is 0.800 bits per heavy atom. The van der Waals surface area contributed by atoms with Crippen molar-refractivity contribution in [3.8, 4) is 0 Å². The van der Waals surface area contributed by atoms with Crippen molar-refractivity contribution in [2.24, 2.45) is 0 Å². The number of carbonyl (C=O) groups is 2. The molecule has 7 heteroatoms. The fourth-order valence-electron chi connectivity index (χ4n) is 2.87. The highest BCUT2D eigenvalue weighted by atomic mass is 32.2. The molecule has 0 spiro atoms. The molecule has 6 nitrogen and oxygen atoms in total. The van der Waals surface area contributed by atoms with Crippen LogP contribution in [0, 0.1) is 0 Å². The van der Waals surface area contributed by atoms with Gasteiger partial charge in [0.25, 0.3) is 11.8 Å². The molecule has 2 aliphatic heterocycles. The van der Waals surface area contributed by atoms with Crippen LogP contribution in [0.2, 0.25) is 0 Å². The molecule has 0 unspecified atom stereocenters. The van der Waals surface area contributed by atoms with E-state index in [4.69, 9.17) is 0 Å². The summed E-state index contributed by atoms with van der Waals surface area (Å²) in [6, 6.07) is 14.9. The third kappa shape index (κ3) is 3.68. The molecular formula is C18H19N2O4S. The van der Waals surface area contributed by atoms with Gasteiger partial charge >= 0.3 is 0 Å². The van der Waals surface area contributed by atoms with E-state index in [-0.39, 0.29) is 17.3 Å². The molecule has 2 aromatic carbocycles. The summed E-state index contributed by atoms with van der Waals surface area (Å²) >= 11 is -0.611. The number of carbonyl (C=O) groups excluding carboxylic acids is 2. The molecule has 1 radical (unpaired) electrons. The lowest BCUT2D eigenvalue weighted by Gasteiger charge is -2.42. The molecule has 0 bridgehead atoms. The summed E-state index contributed by atoms with van der Waals surface area (Å²) in [5.41, 5.74) is 3.19. The standard InChI is InChI=1S/C16H12N2O2.C2H6OS.HO/c19-15-13-7-3-1-5-11(13)9-17-16(20)14-8-4-2-6-12(14)10-18(15)17;1-4(2)3;/h1-8H,9-10H2;1-2H3;1H. The highest BCUT2D eigenvalue weighted by Gasteiger charge is 2.38. The van der Waals surface area contributed by atoms with Crippen LogP contribution in [-0.2, 0) is 24.3 Å². The maximum absolute atomic E-state index is 12.5. The highest BCUT2D eigenvalue weighted by Crippen LogP contribution is 2.30. The predicted octanol–water partition coefficient (Wildman–Crippen LogP) is 2.03. The quantitative estimate of drug-likeness (QED) is 0.729. The van der Waals surface area contributed by atoms with Gasteiger partial charge in [-0.3, -0.25) is 15.1 Å². The van der Waals surface area contributed by atoms with Crippen LogP contribution in [0.4, 0.5) is 0 Å². The molecule has 25 heavy (non-hydrogen) atoms. The van der Waals surface area contributed by atoms with Crippen molar-refractivity contribution >= 4 is 23.0 Å². The molecular weight excluding hydrogens is 340 g/mol. The maximum Gasteiger partial charge on any atom is 0.273 e. The summed E-state index contributed by atoms with van der Waals surface area (Å²) < 4.78 is 9.56. The van der Waals surface area contributed by atoms with Crippen molar-refractivity contribution in [3.05, 3.63) is 70.8 Å². The summed E-state index contributed by atoms with van der Waals surface area (Å²) in [7, 11) is 0. The van der Waals surface area contributed by atoms with Gasteiger partial charge in [0.2, 0.25) is 0 Å². The second kappa shape index (κ2) is 7.69. The minimum absolute atomic E-state index is 0. The number of benzene rings is 2. The van der Waals surface area contributed by atoms with Crippen molar-refractivity contribution in [1.29, 1.82) is 0 Å². The highest BCUT2D eigenvalue weighted by molar-refractivity contribution is 7.89. The van der Waals surface area contributed by atoms with Gasteiger partial charge < -0.3 is 4.55 Å². The van der Waals surface area contributed by atoms with Crippen LogP contribution in [0.5, 0.6) is 0 Å². The average Bonchev–Trinajstić information content (AvgIpc) is 2.56. The van der Waals surface area contributed by atoms with Crippen LogP contribution in [-0.4, -0.2) is 44.4 Å². The smallest absolute Gasteiger partial charge is 0.273 e. The van der Waals surface area contributed by atoms with Gasteiger partial charge in [-0.25, -0.2) is 10.0 Å². The number of nitrogens with zero attached hydrogens (tertiary/aromatic N) is 2. The Kier molecular flexibility index (Phi) is 5.84. The predicted molar refractivity (Wildman–Crippen MR) is 94.6 cm³/mol. The zero-order valence-electron chi connectivity index (χ0n) is 14.0. The minimum atomic E-state index is -0.611. The van der Waals surface area contributed by atoms with Gasteiger partial charge in [-0.05, 0) is 23.3 Å². The van der Waals surface area contributed by atoms with Gasteiger partial charge in [0, 0.05) is 11.1 Å². The molecule has 2 amide bonds. The fraction of sp³-hybridized carbons (Fsp3) is 0.222. The van der Waals surface area contributed by atoms with Gasteiger partial charge in [-0.1, -0.05) is 47.6 Å². The lowest BCUT2D eigenvalue weighted by atomic mass is 9.99. The van der Waals surface area contributed by atoms with E-state index in [9.17, 15) is 14.1 Å². The van der Waals surface area contributed by atoms with Gasteiger partial charge in [-0.2, -0.15) is 0 Å². The van der Waals surface area contributed by atoms with Crippen molar-refractivity contribution in [3.63, 3.8) is 0 Å². The Labute approximate surface area is 149 Å². The lowest BCUT2D eigenvalue weighted by Crippen LogP contribution is -2.54. The first-order valence-electron chi connectivity index (χ1n) is 7.53. The molecule has 4 rings (SSSR count). The first-order valence-corrected chi connectivity index (χ1v) is 9.50. The van der Waals surface area contributed by atoms with Crippen molar-refractivity contribution in [1.82, 2.24) is 10.0 Å². The third-order valence-corrected chi connectivity index (χ3v) is 3.90. The Bertz CT molecular complexity index is 728. The van der Waals surface area contributed by atoms with Crippen molar-refractivity contribution < 1.29 is 19.6 Å². The second-order valence-electron chi connectivity index (χ2n) is 5.78. The topological polar surface area (TPSA) is 93.7 Å². The van der Waals surface area contributed by atoms with Crippen LogP contribution in [0.3, 0.4) is 0 Å². The summed E-state index contributed by atoms with van der Waals surface area (Å²) in [5, 5.41) is 3.10. The summed E-state index contributed by atoms with van der Waals surface area (Å²) in [6.45, 7) is 0.907. The van der Waals surface area contributed by atoms with Gasteiger partial charge in [-0.15, -0.1) is 0 Å². The summed E-state index contributed by atoms with van der Waals surface area (Å²) in [4.78, 5) is 25.1. The molecule has 0 atom stereocenters. The lowest BCUT2D eigenvalue weighted by molar-refractivity contribution is -0.0218. The molecule has 1 N–H and O–H groups in total. The third-order valence-electron chi connectivity index (χ3n) is 3.90. The molecule has 0 saturated heterocycles. The fourth-order valence-corrected chi connectivity index (χ4v) is 2.87. The van der Waals surface area contributed by atoms with Crippen molar-refractivity contribution in [2.45, 2.75) is 13.1 Å². The van der Waals surface area contributed by atoms with Gasteiger partial charge in [0.15, 0.2) is 0 Å². The minimum Gasteiger partial charge on any atom is -0.617 e. The molecule has 0 saturated carbocycles. The van der Waals surface area contributed by atoms with E-state index in [1.54, 1.807) is 22.5 Å². The van der Waals surface area contributed by atoms with Crippen LogP contribution < -0.4 is 0 Å². The van der Waals surface area contributed by atoms with E-state index in [1.165, 1.54) is 0 Å². The van der Waals surface area contributed by atoms with Crippen LogP contribution in [0.1, 0.15) is 31.8 Å². The molecule has 2 aromatic rings. The maximum atomic E-state index is 12.5. The molecule has 0 aromatic heterocycles. The number of hydrogen-bond acceptors (Lipinski definition) is 3. The molecule has 131 valence electrons. The van der Waals surface area contributed by atoms with Crippen molar-refractivity contribution in [2.75, 3.05) is 12.5 Å². The zero-order valence-corrected chi connectivity index (χ0v) is 14.8. The van der Waals surface area contributed by atoms with E-state index in [0.29, 0.717) is 24.2 Å². The van der Waals surface area contributed by atoms with E-state index < -0.39 is 11.2 Å². The van der Waals surface area contributed by atoms with Gasteiger partial charge in [0.1, 0.15) is 0 Å². The first-order chi connectivity index (χ1) is 11.5. The Hall–Kier alpha value is -2.35. The largest absolute Gasteiger partial charge is 0.617 e. The first kappa shape index (κ1) is 19.0. The van der Waals surface area contributed by atoms with Crippen LogP contribution in [0.25, 0.3) is 0 Å². The van der Waals surface area contributed by atoms with E-state index in [1.807, 2.05) is 48.5 Å². The SMILES string of the molecule is C[S+](C)[O-].O=C1c2ccccc2CN2C(=O)c3ccccc3CN12.[OH].